The van der Waals surface area contributed by atoms with Crippen molar-refractivity contribution in [3.05, 3.63) is 42.1 Å². The van der Waals surface area contributed by atoms with Crippen LogP contribution in [0.2, 0.25) is 0 Å². The van der Waals surface area contributed by atoms with Gasteiger partial charge in [-0.05, 0) is 39.8 Å². The molecule has 5 N–H and O–H groups in total. The van der Waals surface area contributed by atoms with Crippen molar-refractivity contribution in [2.45, 2.75) is 45.4 Å². The maximum absolute atomic E-state index is 15.1. The zero-order valence-corrected chi connectivity index (χ0v) is 22.5. The Balaban J connectivity index is 1.91. The van der Waals surface area contributed by atoms with Crippen LogP contribution in [0.1, 0.15) is 38.1 Å². The quantitative estimate of drug-likeness (QED) is 0.278. The number of primary amides is 1. The topological polar surface area (TPSA) is 180 Å². The van der Waals surface area contributed by atoms with Gasteiger partial charge in [0.2, 0.25) is 5.88 Å². The Bertz CT molecular complexity index is 1300. The largest absolute Gasteiger partial charge is 0.479 e. The summed E-state index contributed by atoms with van der Waals surface area (Å²) in [5.74, 6) is -1.71. The molecule has 0 bridgehead atoms. The Morgan fingerprint density at radius 2 is 1.95 bits per heavy atom. The predicted octanol–water partition coefficient (Wildman–Crippen LogP) is 2.39. The third-order valence-corrected chi connectivity index (χ3v) is 5.22. The van der Waals surface area contributed by atoms with Crippen LogP contribution in [0.5, 0.6) is 5.88 Å². The highest BCUT2D eigenvalue weighted by molar-refractivity contribution is 5.98. The molecule has 0 radical (unpaired) electrons. The molecule has 0 fully saturated rings. The Morgan fingerprint density at radius 3 is 2.54 bits per heavy atom. The molecule has 0 aliphatic heterocycles. The van der Waals surface area contributed by atoms with Gasteiger partial charge in [-0.1, -0.05) is 5.21 Å². The van der Waals surface area contributed by atoms with Crippen LogP contribution >= 0.6 is 0 Å². The third-order valence-electron chi connectivity index (χ3n) is 5.22. The van der Waals surface area contributed by atoms with Gasteiger partial charge >= 0.3 is 6.09 Å². The van der Waals surface area contributed by atoms with Gasteiger partial charge in [0.15, 0.2) is 11.6 Å². The molecule has 0 spiro atoms. The number of rotatable bonds is 11. The van der Waals surface area contributed by atoms with Crippen LogP contribution in [0, 0.1) is 5.82 Å². The molecule has 0 saturated carbocycles. The zero-order valence-electron chi connectivity index (χ0n) is 22.5. The van der Waals surface area contributed by atoms with Crippen LogP contribution in [0.25, 0.3) is 5.69 Å². The summed E-state index contributed by atoms with van der Waals surface area (Å²) in [5, 5.41) is 16.3. The van der Waals surface area contributed by atoms with Crippen LogP contribution < -0.4 is 26.4 Å². The molecular formula is C24H32FN9O5. The third kappa shape index (κ3) is 7.73. The monoisotopic (exact) mass is 545 g/mol. The lowest BCUT2D eigenvalue weighted by Crippen LogP contribution is -2.48. The second kappa shape index (κ2) is 12.3. The first-order chi connectivity index (χ1) is 18.4. The summed E-state index contributed by atoms with van der Waals surface area (Å²) in [6.45, 7) is 7.00. The van der Waals surface area contributed by atoms with Gasteiger partial charge in [0.05, 0.1) is 55.6 Å². The predicted molar refractivity (Wildman–Crippen MR) is 140 cm³/mol. The first-order valence-electron chi connectivity index (χ1n) is 11.8. The smallest absolute Gasteiger partial charge is 0.407 e. The summed E-state index contributed by atoms with van der Waals surface area (Å²) in [7, 11) is 2.92. The van der Waals surface area contributed by atoms with Crippen LogP contribution in [0.15, 0.2) is 30.7 Å². The van der Waals surface area contributed by atoms with E-state index in [1.54, 1.807) is 40.0 Å². The lowest BCUT2D eigenvalue weighted by molar-refractivity contribution is 0.0493. The van der Waals surface area contributed by atoms with E-state index in [0.29, 0.717) is 11.4 Å². The van der Waals surface area contributed by atoms with Crippen molar-refractivity contribution in [2.24, 2.45) is 5.73 Å². The number of carbonyl (C=O) groups is 2. The fourth-order valence-electron chi connectivity index (χ4n) is 3.44. The second-order valence-corrected chi connectivity index (χ2v) is 9.45. The summed E-state index contributed by atoms with van der Waals surface area (Å²) in [6, 6.07) is 1.40. The van der Waals surface area contributed by atoms with Gasteiger partial charge in [-0.2, -0.15) is 0 Å². The molecule has 0 aliphatic carbocycles. The first kappa shape index (κ1) is 29.0. The molecule has 0 unspecified atom stereocenters. The van der Waals surface area contributed by atoms with Crippen LogP contribution in [0.4, 0.5) is 26.5 Å². The number of aromatic nitrogens is 5. The van der Waals surface area contributed by atoms with Gasteiger partial charge in [0, 0.05) is 7.11 Å². The molecule has 3 heterocycles. The molecule has 0 aromatic carbocycles. The summed E-state index contributed by atoms with van der Waals surface area (Å²) < 4.78 is 32.3. The van der Waals surface area contributed by atoms with Gasteiger partial charge in [-0.15, -0.1) is 5.10 Å². The minimum Gasteiger partial charge on any atom is -0.479 e. The van der Waals surface area contributed by atoms with Gasteiger partial charge in [0.1, 0.15) is 17.1 Å². The number of nitrogens with two attached hydrogens (primary N) is 1. The van der Waals surface area contributed by atoms with E-state index in [2.05, 4.69) is 36.2 Å². The van der Waals surface area contributed by atoms with Crippen molar-refractivity contribution in [3.63, 3.8) is 0 Å². The highest BCUT2D eigenvalue weighted by Gasteiger charge is 2.25. The van der Waals surface area contributed by atoms with E-state index in [1.165, 1.54) is 31.3 Å². The number of nitrogens with one attached hydrogen (secondary N) is 3. The van der Waals surface area contributed by atoms with Crippen molar-refractivity contribution in [1.82, 2.24) is 30.3 Å². The van der Waals surface area contributed by atoms with Crippen molar-refractivity contribution >= 4 is 29.3 Å². The van der Waals surface area contributed by atoms with Crippen LogP contribution in [-0.2, 0) is 9.47 Å². The number of carbonyl (C=O) groups excluding carboxylic acids is 2. The normalized spacial score (nSPS) is 12.8. The zero-order chi connectivity index (χ0) is 28.7. The first-order valence-corrected chi connectivity index (χ1v) is 11.8. The van der Waals surface area contributed by atoms with Crippen molar-refractivity contribution in [2.75, 3.05) is 31.5 Å². The molecule has 0 aliphatic rings. The highest BCUT2D eigenvalue weighted by Crippen LogP contribution is 2.28. The number of nitrogens with zero attached hydrogens (tertiary/aromatic N) is 5. The fraction of sp³-hybridized carbons (Fsp3) is 0.417. The summed E-state index contributed by atoms with van der Waals surface area (Å²) in [6.07, 6.45) is 3.87. The van der Waals surface area contributed by atoms with Crippen molar-refractivity contribution < 1.29 is 28.2 Å². The Kier molecular flexibility index (Phi) is 9.19. The molecule has 14 nitrogen and oxygen atoms in total. The van der Waals surface area contributed by atoms with E-state index in [4.69, 9.17) is 19.9 Å². The number of anilines is 3. The average Bonchev–Trinajstić information content (AvgIpc) is 3.39. The van der Waals surface area contributed by atoms with E-state index < -0.39 is 35.5 Å². The molecule has 210 valence electrons. The van der Waals surface area contributed by atoms with Crippen molar-refractivity contribution in [3.8, 4) is 11.6 Å². The second-order valence-electron chi connectivity index (χ2n) is 9.45. The molecule has 2 amide bonds. The van der Waals surface area contributed by atoms with E-state index in [1.807, 2.05) is 0 Å². The number of methoxy groups -OCH3 is 2. The van der Waals surface area contributed by atoms with Gasteiger partial charge in [0.25, 0.3) is 5.91 Å². The molecule has 3 rings (SSSR count). The lowest BCUT2D eigenvalue weighted by atomic mass is 10.1. The van der Waals surface area contributed by atoms with Crippen LogP contribution in [0.3, 0.4) is 0 Å². The lowest BCUT2D eigenvalue weighted by Gasteiger charge is -2.28. The van der Waals surface area contributed by atoms with Gasteiger partial charge < -0.3 is 35.9 Å². The van der Waals surface area contributed by atoms with Crippen LogP contribution in [-0.4, -0.2) is 75.5 Å². The van der Waals surface area contributed by atoms with E-state index in [0.717, 1.165) is 6.07 Å². The SMILES string of the molecule is COC[C@@H](Nc1nc(Nc2cnc(OC)c(-n3ccnn3)c2)c(C(N)=O)cc1F)[C@H](C)NC(=O)OC(C)(C)C. The van der Waals surface area contributed by atoms with E-state index in [-0.39, 0.29) is 29.7 Å². The Morgan fingerprint density at radius 1 is 1.21 bits per heavy atom. The minimum absolute atomic E-state index is 0.0353. The summed E-state index contributed by atoms with van der Waals surface area (Å²) in [5.41, 5.74) is 5.43. The number of amides is 2. The van der Waals surface area contributed by atoms with E-state index >= 15 is 4.39 Å². The average molecular weight is 546 g/mol. The van der Waals surface area contributed by atoms with Crippen molar-refractivity contribution in [1.29, 1.82) is 0 Å². The molecule has 3 aromatic heterocycles. The number of pyridine rings is 2. The molecule has 2 atom stereocenters. The molecule has 39 heavy (non-hydrogen) atoms. The maximum Gasteiger partial charge on any atom is 0.407 e. The number of halogens is 1. The number of ether oxygens (including phenoxy) is 3. The van der Waals surface area contributed by atoms with Gasteiger partial charge in [-0.25, -0.2) is 23.8 Å². The maximum atomic E-state index is 15.1. The fourth-order valence-corrected chi connectivity index (χ4v) is 3.44. The Hall–Kier alpha value is -4.53. The number of hydrogen-bond donors (Lipinski definition) is 4. The molecule has 3 aromatic rings. The standard InChI is InChI=1S/C24H32FN9O5/c1-13(29-23(36)39-24(2,3)4)17(12-37-5)31-21-16(25)10-15(19(26)35)20(32-21)30-14-9-18(22(38-6)27-11-14)34-8-7-28-33-34/h7-11,13,17H,12H2,1-6H3,(H2,26,35)(H,29,36)(H2,30,31,32)/t13-,17+/m0/s1. The summed E-state index contributed by atoms with van der Waals surface area (Å²) in [4.78, 5) is 32.9. The number of alkyl carbamates (subject to hydrolysis) is 1. The molecular weight excluding hydrogens is 513 g/mol. The van der Waals surface area contributed by atoms with E-state index in [9.17, 15) is 9.59 Å². The molecule has 15 heteroatoms. The number of hydrogen-bond acceptors (Lipinski definition) is 11. The van der Waals surface area contributed by atoms with Gasteiger partial charge in [-0.3, -0.25) is 4.79 Å². The Labute approximate surface area is 224 Å². The summed E-state index contributed by atoms with van der Waals surface area (Å²) >= 11 is 0. The highest BCUT2D eigenvalue weighted by atomic mass is 19.1. The molecule has 0 saturated heterocycles. The minimum atomic E-state index is -0.901.